The lowest BCUT2D eigenvalue weighted by Crippen LogP contribution is -2.42. The van der Waals surface area contributed by atoms with Gasteiger partial charge < -0.3 is 20.3 Å². The van der Waals surface area contributed by atoms with Crippen LogP contribution in [0.25, 0.3) is 0 Å². The lowest BCUT2D eigenvalue weighted by Gasteiger charge is -2.23. The summed E-state index contributed by atoms with van der Waals surface area (Å²) in [5.74, 6) is 0. The number of nitrogens with one attached hydrogen (secondary N) is 2. The van der Waals surface area contributed by atoms with Gasteiger partial charge in [0.2, 0.25) is 0 Å². The molecule has 0 radical (unpaired) electrons. The van der Waals surface area contributed by atoms with Gasteiger partial charge in [0, 0.05) is 24.6 Å². The van der Waals surface area contributed by atoms with Gasteiger partial charge in [0.15, 0.2) is 0 Å². The molecule has 1 aliphatic rings. The molecule has 2 N–H and O–H groups in total. The molecule has 2 amide bonds. The van der Waals surface area contributed by atoms with Gasteiger partial charge in [0.1, 0.15) is 0 Å². The van der Waals surface area contributed by atoms with E-state index < -0.39 is 0 Å². The second kappa shape index (κ2) is 7.61. The Kier molecular flexibility index (Phi) is 5.82. The van der Waals surface area contributed by atoms with E-state index in [4.69, 9.17) is 4.74 Å². The van der Waals surface area contributed by atoms with Crippen LogP contribution in [0.3, 0.4) is 0 Å². The maximum atomic E-state index is 11.8. The largest absolute Gasteiger partial charge is 0.376 e. The second-order valence-corrected chi connectivity index (χ2v) is 6.20. The number of amides is 2. The molecule has 0 unspecified atom stereocenters. The molecule has 112 valence electrons. The first kappa shape index (κ1) is 15.3. The smallest absolute Gasteiger partial charge is 0.314 e. The van der Waals surface area contributed by atoms with Crippen LogP contribution in [0.15, 0.2) is 17.5 Å². The minimum absolute atomic E-state index is 0.121. The molecule has 1 saturated heterocycles. The normalized spacial score (nSPS) is 20.1. The number of rotatable bonds is 6. The second-order valence-electron chi connectivity index (χ2n) is 5.22. The molecule has 0 saturated carbocycles. The lowest BCUT2D eigenvalue weighted by molar-refractivity contribution is 0.111. The van der Waals surface area contributed by atoms with Crippen molar-refractivity contribution in [3.8, 4) is 0 Å². The summed E-state index contributed by atoms with van der Waals surface area (Å²) in [6.45, 7) is 2.01. The Labute approximate surface area is 124 Å². The summed E-state index contributed by atoms with van der Waals surface area (Å²) in [6.07, 6.45) is 2.31. The maximum Gasteiger partial charge on any atom is 0.314 e. The van der Waals surface area contributed by atoms with E-state index in [1.165, 1.54) is 4.88 Å². The molecule has 0 spiro atoms. The zero-order valence-electron chi connectivity index (χ0n) is 12.1. The average molecular weight is 297 g/mol. The Hall–Kier alpha value is -1.11. The number of carbonyl (C=O) groups is 1. The van der Waals surface area contributed by atoms with E-state index in [0.717, 1.165) is 19.4 Å². The molecule has 20 heavy (non-hydrogen) atoms. The minimum atomic E-state index is -0.121. The van der Waals surface area contributed by atoms with Gasteiger partial charge in [-0.3, -0.25) is 0 Å². The number of thiophene rings is 1. The molecule has 6 heteroatoms. The zero-order chi connectivity index (χ0) is 14.4. The Morgan fingerprint density at radius 3 is 3.00 bits per heavy atom. The molecule has 2 rings (SSSR count). The van der Waals surface area contributed by atoms with E-state index in [0.29, 0.717) is 13.1 Å². The molecule has 0 bridgehead atoms. The van der Waals surface area contributed by atoms with Gasteiger partial charge in [0.25, 0.3) is 0 Å². The molecule has 1 aliphatic heterocycles. The topological polar surface area (TPSA) is 53.6 Å². The molecule has 2 atom stereocenters. The summed E-state index contributed by atoms with van der Waals surface area (Å²) in [5.41, 5.74) is 0. The van der Waals surface area contributed by atoms with E-state index in [1.54, 1.807) is 11.3 Å². The van der Waals surface area contributed by atoms with Crippen molar-refractivity contribution in [2.24, 2.45) is 0 Å². The van der Waals surface area contributed by atoms with Gasteiger partial charge in [-0.25, -0.2) is 4.79 Å². The van der Waals surface area contributed by atoms with Crippen molar-refractivity contribution in [1.82, 2.24) is 15.5 Å². The van der Waals surface area contributed by atoms with Crippen molar-refractivity contribution >= 4 is 17.4 Å². The Bertz CT molecular complexity index is 403. The molecule has 1 aromatic rings. The SMILES string of the molecule is CN(C)[C@H](CNC(=O)NC[C@@H]1CCCO1)c1cccs1. The maximum absolute atomic E-state index is 11.8. The molecule has 0 aromatic carbocycles. The molecule has 5 nitrogen and oxygen atoms in total. The van der Waals surface area contributed by atoms with Crippen LogP contribution in [-0.2, 0) is 4.74 Å². The van der Waals surface area contributed by atoms with Gasteiger partial charge in [-0.15, -0.1) is 11.3 Å². The van der Waals surface area contributed by atoms with E-state index >= 15 is 0 Å². The summed E-state index contributed by atoms with van der Waals surface area (Å²) in [7, 11) is 4.05. The van der Waals surface area contributed by atoms with Crippen molar-refractivity contribution in [3.05, 3.63) is 22.4 Å². The van der Waals surface area contributed by atoms with Gasteiger partial charge in [-0.05, 0) is 38.4 Å². The third kappa shape index (κ3) is 4.47. The third-order valence-electron chi connectivity index (χ3n) is 3.47. The van der Waals surface area contributed by atoms with Crippen molar-refractivity contribution in [1.29, 1.82) is 0 Å². The highest BCUT2D eigenvalue weighted by atomic mass is 32.1. The van der Waals surface area contributed by atoms with Gasteiger partial charge in [-0.1, -0.05) is 6.07 Å². The predicted molar refractivity (Wildman–Crippen MR) is 81.1 cm³/mol. The minimum Gasteiger partial charge on any atom is -0.376 e. The third-order valence-corrected chi connectivity index (χ3v) is 4.44. The van der Waals surface area contributed by atoms with E-state index in [9.17, 15) is 4.79 Å². The Balaban J connectivity index is 1.73. The number of nitrogens with zero attached hydrogens (tertiary/aromatic N) is 1. The van der Waals surface area contributed by atoms with Crippen LogP contribution >= 0.6 is 11.3 Å². The fourth-order valence-corrected chi connectivity index (χ4v) is 3.20. The van der Waals surface area contributed by atoms with Crippen molar-refractivity contribution in [3.63, 3.8) is 0 Å². The Morgan fingerprint density at radius 1 is 1.55 bits per heavy atom. The van der Waals surface area contributed by atoms with Crippen LogP contribution in [0.5, 0.6) is 0 Å². The number of urea groups is 1. The molecule has 1 aromatic heterocycles. The van der Waals surface area contributed by atoms with Gasteiger partial charge in [0.05, 0.1) is 12.1 Å². The number of hydrogen-bond acceptors (Lipinski definition) is 4. The number of carbonyl (C=O) groups excluding carboxylic acids is 1. The highest BCUT2D eigenvalue weighted by Crippen LogP contribution is 2.22. The summed E-state index contributed by atoms with van der Waals surface area (Å²) in [5, 5.41) is 7.87. The monoisotopic (exact) mass is 297 g/mol. The first-order chi connectivity index (χ1) is 9.66. The van der Waals surface area contributed by atoms with Crippen LogP contribution in [0, 0.1) is 0 Å². The van der Waals surface area contributed by atoms with Crippen LogP contribution in [0.1, 0.15) is 23.8 Å². The molecular formula is C14H23N3O2S. The fraction of sp³-hybridized carbons (Fsp3) is 0.643. The first-order valence-corrected chi connectivity index (χ1v) is 7.88. The van der Waals surface area contributed by atoms with E-state index in [1.807, 2.05) is 20.2 Å². The van der Waals surface area contributed by atoms with Crippen molar-refractivity contribution in [2.45, 2.75) is 25.0 Å². The van der Waals surface area contributed by atoms with E-state index in [2.05, 4.69) is 27.0 Å². The van der Waals surface area contributed by atoms with Crippen LogP contribution in [0.2, 0.25) is 0 Å². The standard InChI is InChI=1S/C14H23N3O2S/c1-17(2)12(13-6-4-8-20-13)10-16-14(18)15-9-11-5-3-7-19-11/h4,6,8,11-12H,3,5,7,9-10H2,1-2H3,(H2,15,16,18)/t11-,12+/m0/s1. The molecular weight excluding hydrogens is 274 g/mol. The van der Waals surface area contributed by atoms with Gasteiger partial charge >= 0.3 is 6.03 Å². The quantitative estimate of drug-likeness (QED) is 0.842. The number of hydrogen-bond donors (Lipinski definition) is 2. The van der Waals surface area contributed by atoms with Crippen LogP contribution < -0.4 is 10.6 Å². The number of ether oxygens (including phenoxy) is 1. The predicted octanol–water partition coefficient (Wildman–Crippen LogP) is 1.83. The van der Waals surface area contributed by atoms with Crippen LogP contribution in [0.4, 0.5) is 4.79 Å². The number of likely N-dealkylation sites (N-methyl/N-ethyl adjacent to an activating group) is 1. The van der Waals surface area contributed by atoms with Gasteiger partial charge in [-0.2, -0.15) is 0 Å². The summed E-state index contributed by atoms with van der Waals surface area (Å²) in [6, 6.07) is 4.22. The Morgan fingerprint density at radius 2 is 2.40 bits per heavy atom. The lowest BCUT2D eigenvalue weighted by atomic mass is 10.2. The first-order valence-electron chi connectivity index (χ1n) is 7.00. The highest BCUT2D eigenvalue weighted by Gasteiger charge is 2.18. The fourth-order valence-electron chi connectivity index (χ4n) is 2.28. The van der Waals surface area contributed by atoms with E-state index in [-0.39, 0.29) is 18.2 Å². The van der Waals surface area contributed by atoms with Crippen LogP contribution in [-0.4, -0.2) is 50.8 Å². The average Bonchev–Trinajstić information content (AvgIpc) is 3.09. The van der Waals surface area contributed by atoms with Crippen molar-refractivity contribution < 1.29 is 9.53 Å². The highest BCUT2D eigenvalue weighted by molar-refractivity contribution is 7.10. The molecule has 2 heterocycles. The zero-order valence-corrected chi connectivity index (χ0v) is 12.9. The molecule has 0 aliphatic carbocycles. The van der Waals surface area contributed by atoms with Crippen molar-refractivity contribution in [2.75, 3.05) is 33.8 Å². The summed E-state index contributed by atoms with van der Waals surface area (Å²) in [4.78, 5) is 15.2. The summed E-state index contributed by atoms with van der Waals surface area (Å²) >= 11 is 1.71. The summed E-state index contributed by atoms with van der Waals surface area (Å²) < 4.78 is 5.48. The molecule has 1 fully saturated rings.